The summed E-state index contributed by atoms with van der Waals surface area (Å²) in [6.07, 6.45) is 2.96. The molecular weight excluding hydrogens is 436 g/mol. The lowest BCUT2D eigenvalue weighted by Gasteiger charge is -2.08. The number of rotatable bonds is 5. The molecule has 2 aromatic heterocycles. The highest BCUT2D eigenvalue weighted by Gasteiger charge is 2.27. The van der Waals surface area contributed by atoms with Crippen molar-refractivity contribution in [1.29, 1.82) is 0 Å². The Bertz CT molecular complexity index is 1450. The zero-order valence-electron chi connectivity index (χ0n) is 15.7. The van der Waals surface area contributed by atoms with E-state index in [2.05, 4.69) is 30.3 Å². The number of thiazole rings is 1. The van der Waals surface area contributed by atoms with E-state index in [0.717, 1.165) is 15.8 Å². The SMILES string of the molecule is O=C1Nc2ccc3ncsc3c2C1=CNc1ccnc(NS(=O)(=O)c2ccccc2)n1. The van der Waals surface area contributed by atoms with Crippen molar-refractivity contribution in [1.82, 2.24) is 15.0 Å². The van der Waals surface area contributed by atoms with E-state index in [-0.39, 0.29) is 16.8 Å². The van der Waals surface area contributed by atoms with Crippen LogP contribution in [0.5, 0.6) is 0 Å². The second-order valence-electron chi connectivity index (χ2n) is 6.53. The van der Waals surface area contributed by atoms with E-state index >= 15 is 0 Å². The molecule has 9 nitrogen and oxygen atoms in total. The minimum absolute atomic E-state index is 0.0895. The summed E-state index contributed by atoms with van der Waals surface area (Å²) in [4.78, 5) is 25.0. The molecule has 31 heavy (non-hydrogen) atoms. The first-order chi connectivity index (χ1) is 15.0. The molecule has 0 saturated heterocycles. The third kappa shape index (κ3) is 3.60. The average molecular weight is 451 g/mol. The van der Waals surface area contributed by atoms with Gasteiger partial charge in [0, 0.05) is 18.0 Å². The van der Waals surface area contributed by atoms with E-state index in [1.165, 1.54) is 35.9 Å². The van der Waals surface area contributed by atoms with Gasteiger partial charge in [-0.05, 0) is 30.3 Å². The number of carbonyl (C=O) groups excluding carboxylic acids is 1. The molecule has 3 N–H and O–H groups in total. The minimum Gasteiger partial charge on any atom is -0.346 e. The summed E-state index contributed by atoms with van der Waals surface area (Å²) in [7, 11) is -3.82. The normalized spacial score (nSPS) is 14.5. The number of nitrogens with one attached hydrogen (secondary N) is 3. The molecule has 0 spiro atoms. The number of anilines is 3. The topological polar surface area (TPSA) is 126 Å². The standard InChI is InChI=1S/C20H14N6O3S2/c27-19-13(17-14(24-19)6-7-15-18(17)30-11-23-15)10-22-16-8-9-21-20(25-16)26-31(28,29)12-4-2-1-3-5-12/h1-11H,(H,24,27)(H2,21,22,25,26). The lowest BCUT2D eigenvalue weighted by molar-refractivity contribution is -0.110. The molecule has 1 aliphatic rings. The van der Waals surface area contributed by atoms with Gasteiger partial charge in [-0.2, -0.15) is 4.98 Å². The van der Waals surface area contributed by atoms with Crippen LogP contribution in [0.1, 0.15) is 5.56 Å². The molecule has 0 fully saturated rings. The fraction of sp³-hybridized carbons (Fsp3) is 0. The highest BCUT2D eigenvalue weighted by atomic mass is 32.2. The van der Waals surface area contributed by atoms with Crippen LogP contribution in [0.4, 0.5) is 17.5 Å². The Morgan fingerprint density at radius 1 is 1.03 bits per heavy atom. The van der Waals surface area contributed by atoms with Gasteiger partial charge in [-0.25, -0.2) is 23.1 Å². The van der Waals surface area contributed by atoms with E-state index in [0.29, 0.717) is 17.1 Å². The first kappa shape index (κ1) is 19.2. The lowest BCUT2D eigenvalue weighted by atomic mass is 10.1. The van der Waals surface area contributed by atoms with Crippen molar-refractivity contribution in [2.24, 2.45) is 0 Å². The van der Waals surface area contributed by atoms with Crippen LogP contribution in [0.3, 0.4) is 0 Å². The molecule has 11 heteroatoms. The molecule has 0 bridgehead atoms. The van der Waals surface area contributed by atoms with Crippen molar-refractivity contribution in [2.75, 3.05) is 15.4 Å². The van der Waals surface area contributed by atoms with Crippen LogP contribution in [0.2, 0.25) is 0 Å². The van der Waals surface area contributed by atoms with Gasteiger partial charge in [0.25, 0.3) is 15.9 Å². The second kappa shape index (κ2) is 7.45. The van der Waals surface area contributed by atoms with Gasteiger partial charge in [-0.15, -0.1) is 11.3 Å². The Kier molecular flexibility index (Phi) is 4.60. The zero-order valence-corrected chi connectivity index (χ0v) is 17.4. The molecule has 0 aliphatic carbocycles. The smallest absolute Gasteiger partial charge is 0.264 e. The zero-order chi connectivity index (χ0) is 21.4. The maximum absolute atomic E-state index is 12.5. The number of fused-ring (bicyclic) bond motifs is 3. The number of aromatic nitrogens is 3. The number of carbonyl (C=O) groups is 1. The largest absolute Gasteiger partial charge is 0.346 e. The summed E-state index contributed by atoms with van der Waals surface area (Å²) >= 11 is 1.45. The molecule has 5 rings (SSSR count). The maximum Gasteiger partial charge on any atom is 0.264 e. The molecule has 4 aromatic rings. The Balaban J connectivity index is 1.42. The molecule has 1 aliphatic heterocycles. The summed E-state index contributed by atoms with van der Waals surface area (Å²) in [5, 5.41) is 5.79. The van der Waals surface area contributed by atoms with E-state index < -0.39 is 10.0 Å². The molecule has 154 valence electrons. The number of hydrogen-bond acceptors (Lipinski definition) is 8. The van der Waals surface area contributed by atoms with Gasteiger partial charge in [0.15, 0.2) is 0 Å². The van der Waals surface area contributed by atoms with Crippen LogP contribution in [-0.4, -0.2) is 29.3 Å². The third-order valence-electron chi connectivity index (χ3n) is 4.56. The van der Waals surface area contributed by atoms with Crippen LogP contribution in [0.15, 0.2) is 71.3 Å². The minimum atomic E-state index is -3.82. The predicted molar refractivity (Wildman–Crippen MR) is 119 cm³/mol. The van der Waals surface area contributed by atoms with Crippen molar-refractivity contribution in [2.45, 2.75) is 4.90 Å². The van der Waals surface area contributed by atoms with Crippen LogP contribution in [0.25, 0.3) is 15.8 Å². The number of nitrogens with zero attached hydrogens (tertiary/aromatic N) is 3. The van der Waals surface area contributed by atoms with Crippen molar-refractivity contribution >= 4 is 60.5 Å². The molecule has 1 amide bonds. The van der Waals surface area contributed by atoms with Crippen molar-refractivity contribution < 1.29 is 13.2 Å². The molecule has 0 saturated carbocycles. The Morgan fingerprint density at radius 3 is 2.71 bits per heavy atom. The van der Waals surface area contributed by atoms with Gasteiger partial charge in [0.2, 0.25) is 5.95 Å². The Hall–Kier alpha value is -3.83. The van der Waals surface area contributed by atoms with Gasteiger partial charge < -0.3 is 10.6 Å². The van der Waals surface area contributed by atoms with Crippen molar-refractivity contribution in [3.8, 4) is 0 Å². The number of amides is 1. The highest BCUT2D eigenvalue weighted by molar-refractivity contribution is 7.92. The first-order valence-electron chi connectivity index (χ1n) is 9.07. The van der Waals surface area contributed by atoms with Crippen LogP contribution in [-0.2, 0) is 14.8 Å². The Labute approximate surface area is 180 Å². The van der Waals surface area contributed by atoms with Gasteiger partial charge in [-0.1, -0.05) is 18.2 Å². The summed E-state index contributed by atoms with van der Waals surface area (Å²) in [6, 6.07) is 13.2. The van der Waals surface area contributed by atoms with Gasteiger partial charge in [0.1, 0.15) is 5.82 Å². The highest BCUT2D eigenvalue weighted by Crippen LogP contribution is 2.39. The quantitative estimate of drug-likeness (QED) is 0.398. The summed E-state index contributed by atoms with van der Waals surface area (Å²) in [6.45, 7) is 0. The summed E-state index contributed by atoms with van der Waals surface area (Å²) in [5.41, 5.74) is 4.47. The molecular formula is C20H14N6O3S2. The average Bonchev–Trinajstić information content (AvgIpc) is 3.36. The fourth-order valence-corrected chi connectivity index (χ4v) is 4.98. The second-order valence-corrected chi connectivity index (χ2v) is 9.07. The molecule has 0 radical (unpaired) electrons. The molecule has 0 atom stereocenters. The monoisotopic (exact) mass is 450 g/mol. The first-order valence-corrected chi connectivity index (χ1v) is 11.4. The lowest BCUT2D eigenvalue weighted by Crippen LogP contribution is -2.15. The number of sulfonamides is 1. The van der Waals surface area contributed by atoms with Gasteiger partial charge in [0.05, 0.1) is 31.9 Å². The van der Waals surface area contributed by atoms with E-state index in [9.17, 15) is 13.2 Å². The van der Waals surface area contributed by atoms with Gasteiger partial charge >= 0.3 is 0 Å². The summed E-state index contributed by atoms with van der Waals surface area (Å²) in [5.74, 6) is -0.0122. The van der Waals surface area contributed by atoms with E-state index in [4.69, 9.17) is 0 Å². The molecule has 2 aromatic carbocycles. The van der Waals surface area contributed by atoms with Crippen molar-refractivity contribution in [3.05, 3.63) is 72.0 Å². The van der Waals surface area contributed by atoms with Gasteiger partial charge in [-0.3, -0.25) is 4.79 Å². The van der Waals surface area contributed by atoms with Crippen molar-refractivity contribution in [3.63, 3.8) is 0 Å². The van der Waals surface area contributed by atoms with E-state index in [1.54, 1.807) is 29.8 Å². The molecule has 0 unspecified atom stereocenters. The van der Waals surface area contributed by atoms with Crippen LogP contribution in [0, 0.1) is 0 Å². The molecule has 3 heterocycles. The Morgan fingerprint density at radius 2 is 1.87 bits per heavy atom. The number of hydrogen-bond donors (Lipinski definition) is 3. The summed E-state index contributed by atoms with van der Waals surface area (Å²) < 4.78 is 28.2. The fourth-order valence-electron chi connectivity index (χ4n) is 3.15. The predicted octanol–water partition coefficient (Wildman–Crippen LogP) is 3.29. The van der Waals surface area contributed by atoms with E-state index in [1.807, 2.05) is 12.1 Å². The maximum atomic E-state index is 12.5. The number of benzene rings is 2. The third-order valence-corrected chi connectivity index (χ3v) is 6.76. The van der Waals surface area contributed by atoms with Crippen LogP contribution < -0.4 is 15.4 Å². The van der Waals surface area contributed by atoms with Crippen LogP contribution >= 0.6 is 11.3 Å².